The third kappa shape index (κ3) is 2.48. The molecule has 100 valence electrons. The Kier molecular flexibility index (Phi) is 3.36. The maximum atomic E-state index is 13.4. The predicted octanol–water partition coefficient (Wildman–Crippen LogP) is 2.06. The van der Waals surface area contributed by atoms with Crippen LogP contribution in [0.1, 0.15) is 13.8 Å². The molecule has 0 fully saturated rings. The van der Waals surface area contributed by atoms with Gasteiger partial charge in [-0.25, -0.2) is 13.9 Å². The number of benzene rings is 1. The predicted molar refractivity (Wildman–Crippen MR) is 67.9 cm³/mol. The molecular weight excluding hydrogens is 319 g/mol. The Morgan fingerprint density at radius 2 is 2.11 bits per heavy atom. The summed E-state index contributed by atoms with van der Waals surface area (Å²) in [5, 5.41) is 20.1. The zero-order chi connectivity index (χ0) is 14.2. The van der Waals surface area contributed by atoms with E-state index in [0.717, 1.165) is 4.68 Å². The smallest absolute Gasteiger partial charge is 0.331 e. The fraction of sp³-hybridized carbons (Fsp3) is 0.273. The quantitative estimate of drug-likeness (QED) is 0.932. The number of aliphatic carboxylic acids is 1. The van der Waals surface area contributed by atoms with Gasteiger partial charge in [-0.3, -0.25) is 0 Å². The lowest BCUT2D eigenvalue weighted by Gasteiger charge is -2.20. The van der Waals surface area contributed by atoms with Gasteiger partial charge in [0.1, 0.15) is 5.82 Å². The number of rotatable bonds is 3. The van der Waals surface area contributed by atoms with Crippen LogP contribution < -0.4 is 0 Å². The number of carboxylic acid groups (broad SMARTS) is 1. The molecule has 8 heteroatoms. The van der Waals surface area contributed by atoms with Crippen LogP contribution >= 0.6 is 15.9 Å². The third-order valence-electron chi connectivity index (χ3n) is 2.64. The molecule has 0 unspecified atom stereocenters. The van der Waals surface area contributed by atoms with Crippen LogP contribution in [0.2, 0.25) is 0 Å². The van der Waals surface area contributed by atoms with Crippen molar-refractivity contribution >= 4 is 21.9 Å². The molecule has 0 aliphatic rings. The molecule has 0 saturated carbocycles. The van der Waals surface area contributed by atoms with Gasteiger partial charge in [0.25, 0.3) is 0 Å². The SMILES string of the molecule is CC(C)(C(=O)O)n1nnnc1-c1cc(F)cc(Br)c1. The molecule has 0 amide bonds. The Bertz CT molecular complexity index is 621. The van der Waals surface area contributed by atoms with Gasteiger partial charge < -0.3 is 5.11 Å². The first kappa shape index (κ1) is 13.6. The summed E-state index contributed by atoms with van der Waals surface area (Å²) >= 11 is 3.17. The van der Waals surface area contributed by atoms with Crippen molar-refractivity contribution in [2.45, 2.75) is 19.4 Å². The zero-order valence-electron chi connectivity index (χ0n) is 10.1. The van der Waals surface area contributed by atoms with Crippen LogP contribution in [0.25, 0.3) is 11.4 Å². The Morgan fingerprint density at radius 1 is 1.42 bits per heavy atom. The van der Waals surface area contributed by atoms with Gasteiger partial charge in [0, 0.05) is 10.0 Å². The molecule has 2 aromatic rings. The molecule has 1 N–H and O–H groups in total. The van der Waals surface area contributed by atoms with Crippen LogP contribution in [0.5, 0.6) is 0 Å². The molecule has 1 aromatic heterocycles. The average molecular weight is 329 g/mol. The van der Waals surface area contributed by atoms with Crippen molar-refractivity contribution in [2.24, 2.45) is 0 Å². The molecule has 0 bridgehead atoms. The van der Waals surface area contributed by atoms with Gasteiger partial charge in [0.15, 0.2) is 11.4 Å². The number of hydrogen-bond donors (Lipinski definition) is 1. The fourth-order valence-corrected chi connectivity index (χ4v) is 1.98. The molecule has 0 radical (unpaired) electrons. The molecule has 0 atom stereocenters. The summed E-state index contributed by atoms with van der Waals surface area (Å²) in [5.41, 5.74) is -0.941. The number of tetrazole rings is 1. The molecule has 0 aliphatic carbocycles. The van der Waals surface area contributed by atoms with Crippen LogP contribution in [0.3, 0.4) is 0 Å². The van der Waals surface area contributed by atoms with Crippen LogP contribution in [-0.4, -0.2) is 31.3 Å². The average Bonchev–Trinajstić information content (AvgIpc) is 2.76. The second-order valence-corrected chi connectivity index (χ2v) is 5.35. The van der Waals surface area contributed by atoms with Gasteiger partial charge in [-0.05, 0) is 42.5 Å². The van der Waals surface area contributed by atoms with Crippen molar-refractivity contribution in [3.05, 3.63) is 28.5 Å². The molecule has 1 heterocycles. The molecule has 2 rings (SSSR count). The number of nitrogens with zero attached hydrogens (tertiary/aromatic N) is 4. The lowest BCUT2D eigenvalue weighted by molar-refractivity contribution is -0.146. The highest BCUT2D eigenvalue weighted by Crippen LogP contribution is 2.26. The van der Waals surface area contributed by atoms with Crippen LogP contribution in [-0.2, 0) is 10.3 Å². The van der Waals surface area contributed by atoms with Crippen molar-refractivity contribution in [3.8, 4) is 11.4 Å². The van der Waals surface area contributed by atoms with Gasteiger partial charge >= 0.3 is 5.97 Å². The Hall–Kier alpha value is -1.83. The minimum absolute atomic E-state index is 0.188. The molecule has 0 aliphatic heterocycles. The van der Waals surface area contributed by atoms with Crippen LogP contribution in [0.4, 0.5) is 4.39 Å². The van der Waals surface area contributed by atoms with Gasteiger partial charge in [-0.1, -0.05) is 15.9 Å². The summed E-state index contributed by atoms with van der Waals surface area (Å²) < 4.78 is 15.1. The number of carboxylic acids is 1. The van der Waals surface area contributed by atoms with Gasteiger partial charge in [-0.2, -0.15) is 0 Å². The molecule has 0 saturated heterocycles. The summed E-state index contributed by atoms with van der Waals surface area (Å²) in [4.78, 5) is 11.2. The fourth-order valence-electron chi connectivity index (χ4n) is 1.52. The van der Waals surface area contributed by atoms with Crippen molar-refractivity contribution in [1.82, 2.24) is 20.2 Å². The molecule has 1 aromatic carbocycles. The van der Waals surface area contributed by atoms with E-state index >= 15 is 0 Å². The first-order chi connectivity index (χ1) is 8.82. The first-order valence-corrected chi connectivity index (χ1v) is 6.10. The zero-order valence-corrected chi connectivity index (χ0v) is 11.7. The van der Waals surface area contributed by atoms with E-state index in [1.165, 1.54) is 26.0 Å². The van der Waals surface area contributed by atoms with Gasteiger partial charge in [0.2, 0.25) is 0 Å². The largest absolute Gasteiger partial charge is 0.479 e. The van der Waals surface area contributed by atoms with E-state index in [9.17, 15) is 14.3 Å². The second-order valence-electron chi connectivity index (χ2n) is 4.44. The van der Waals surface area contributed by atoms with Gasteiger partial charge in [0.05, 0.1) is 0 Å². The maximum absolute atomic E-state index is 13.4. The van der Waals surface area contributed by atoms with E-state index in [4.69, 9.17) is 0 Å². The van der Waals surface area contributed by atoms with Crippen LogP contribution in [0, 0.1) is 5.82 Å². The number of halogens is 2. The highest BCUT2D eigenvalue weighted by molar-refractivity contribution is 9.10. The molecular formula is C11H10BrFN4O2. The number of aromatic nitrogens is 4. The summed E-state index contributed by atoms with van der Waals surface area (Å²) in [6.07, 6.45) is 0. The van der Waals surface area contributed by atoms with Crippen molar-refractivity contribution < 1.29 is 14.3 Å². The van der Waals surface area contributed by atoms with E-state index in [-0.39, 0.29) is 5.82 Å². The summed E-state index contributed by atoms with van der Waals surface area (Å²) in [6.45, 7) is 2.92. The lowest BCUT2D eigenvalue weighted by Crippen LogP contribution is -2.37. The van der Waals surface area contributed by atoms with E-state index in [0.29, 0.717) is 10.0 Å². The van der Waals surface area contributed by atoms with E-state index in [1.807, 2.05) is 0 Å². The standard InChI is InChI=1S/C11H10BrFN4O2/c1-11(2,10(18)19)17-9(14-15-16-17)6-3-7(12)5-8(13)4-6/h3-5H,1-2H3,(H,18,19). The normalized spacial score (nSPS) is 11.6. The Labute approximate surface area is 116 Å². The number of hydrogen-bond acceptors (Lipinski definition) is 4. The molecule has 19 heavy (non-hydrogen) atoms. The van der Waals surface area contributed by atoms with E-state index in [1.54, 1.807) is 6.07 Å². The minimum Gasteiger partial charge on any atom is -0.479 e. The lowest BCUT2D eigenvalue weighted by atomic mass is 10.1. The minimum atomic E-state index is -1.34. The van der Waals surface area contributed by atoms with E-state index < -0.39 is 17.3 Å². The summed E-state index contributed by atoms with van der Waals surface area (Å²) in [7, 11) is 0. The highest BCUT2D eigenvalue weighted by Gasteiger charge is 2.33. The first-order valence-electron chi connectivity index (χ1n) is 5.31. The van der Waals surface area contributed by atoms with Crippen LogP contribution in [0.15, 0.2) is 22.7 Å². The Balaban J connectivity index is 2.59. The van der Waals surface area contributed by atoms with Crippen molar-refractivity contribution in [2.75, 3.05) is 0 Å². The monoisotopic (exact) mass is 328 g/mol. The topological polar surface area (TPSA) is 80.9 Å². The summed E-state index contributed by atoms with van der Waals surface area (Å²) in [6, 6.07) is 4.15. The van der Waals surface area contributed by atoms with Gasteiger partial charge in [-0.15, -0.1) is 5.10 Å². The molecule has 6 nitrogen and oxygen atoms in total. The van der Waals surface area contributed by atoms with Crippen molar-refractivity contribution in [1.29, 1.82) is 0 Å². The van der Waals surface area contributed by atoms with E-state index in [2.05, 4.69) is 31.5 Å². The highest BCUT2D eigenvalue weighted by atomic mass is 79.9. The second kappa shape index (κ2) is 4.69. The third-order valence-corrected chi connectivity index (χ3v) is 3.10. The maximum Gasteiger partial charge on any atom is 0.331 e. The number of carbonyl (C=O) groups is 1. The molecule has 0 spiro atoms. The Morgan fingerprint density at radius 3 is 2.68 bits per heavy atom. The summed E-state index contributed by atoms with van der Waals surface area (Å²) in [5.74, 6) is -1.36. The van der Waals surface area contributed by atoms with Crippen molar-refractivity contribution in [3.63, 3.8) is 0 Å².